The zero-order valence-corrected chi connectivity index (χ0v) is 13.4. The highest BCUT2D eigenvalue weighted by Gasteiger charge is 2.24. The molecule has 1 saturated heterocycles. The molecule has 3 amide bonds. The Morgan fingerprint density at radius 2 is 1.86 bits per heavy atom. The van der Waals surface area contributed by atoms with E-state index in [0.29, 0.717) is 26.3 Å². The van der Waals surface area contributed by atoms with Gasteiger partial charge in [0, 0.05) is 19.5 Å². The first-order chi connectivity index (χ1) is 10.2. The van der Waals surface area contributed by atoms with Crippen LogP contribution in [0.25, 0.3) is 0 Å². The lowest BCUT2D eigenvalue weighted by Gasteiger charge is -2.27. The van der Waals surface area contributed by atoms with Gasteiger partial charge in [-0.1, -0.05) is 0 Å². The summed E-state index contributed by atoms with van der Waals surface area (Å²) in [4.78, 5) is 36.8. The lowest BCUT2D eigenvalue weighted by molar-refractivity contribution is -0.135. The van der Waals surface area contributed by atoms with E-state index in [-0.39, 0.29) is 18.7 Å². The van der Waals surface area contributed by atoms with Gasteiger partial charge < -0.3 is 25.4 Å². The highest BCUT2D eigenvalue weighted by Crippen LogP contribution is 2.09. The number of nitrogens with two attached hydrogens (primary N) is 1. The summed E-state index contributed by atoms with van der Waals surface area (Å²) in [5.41, 5.74) is 4.59. The van der Waals surface area contributed by atoms with Crippen LogP contribution in [-0.4, -0.2) is 60.8 Å². The summed E-state index contributed by atoms with van der Waals surface area (Å²) in [6.45, 7) is 7.26. The predicted octanol–water partition coefficient (Wildman–Crippen LogP) is 0.00400. The molecule has 1 heterocycles. The van der Waals surface area contributed by atoms with Crippen molar-refractivity contribution in [2.24, 2.45) is 5.73 Å². The molecular weight excluding hydrogens is 290 g/mol. The number of hydrogen-bond acceptors (Lipinski definition) is 5. The zero-order valence-electron chi connectivity index (χ0n) is 13.4. The molecule has 126 valence electrons. The number of nitrogens with zero attached hydrogens (tertiary/aromatic N) is 1. The maximum absolute atomic E-state index is 12.0. The fourth-order valence-corrected chi connectivity index (χ4v) is 1.97. The molecule has 1 rings (SSSR count). The maximum Gasteiger partial charge on any atom is 0.408 e. The number of carbonyl (C=O) groups excluding carboxylic acids is 3. The molecule has 1 atom stereocenters. The van der Waals surface area contributed by atoms with Gasteiger partial charge in [-0.25, -0.2) is 4.79 Å². The number of morpholine rings is 1. The minimum absolute atomic E-state index is 0.0828. The molecule has 1 aliphatic rings. The van der Waals surface area contributed by atoms with Gasteiger partial charge >= 0.3 is 6.09 Å². The van der Waals surface area contributed by atoms with Crippen LogP contribution < -0.4 is 11.1 Å². The van der Waals surface area contributed by atoms with Crippen molar-refractivity contribution in [3.8, 4) is 0 Å². The Labute approximate surface area is 130 Å². The third kappa shape index (κ3) is 6.75. The number of ether oxygens (including phenoxy) is 2. The number of rotatable bonds is 5. The highest BCUT2D eigenvalue weighted by atomic mass is 16.6. The van der Waals surface area contributed by atoms with Crippen molar-refractivity contribution >= 4 is 17.9 Å². The molecule has 3 N–H and O–H groups in total. The van der Waals surface area contributed by atoms with Gasteiger partial charge in [-0.3, -0.25) is 9.59 Å². The first-order valence-electron chi connectivity index (χ1n) is 7.33. The average molecular weight is 315 g/mol. The Morgan fingerprint density at radius 1 is 1.27 bits per heavy atom. The largest absolute Gasteiger partial charge is 0.444 e. The summed E-state index contributed by atoms with van der Waals surface area (Å²) in [5.74, 6) is -0.777. The van der Waals surface area contributed by atoms with Gasteiger partial charge in [0.2, 0.25) is 11.8 Å². The van der Waals surface area contributed by atoms with E-state index in [4.69, 9.17) is 15.2 Å². The second-order valence-electron chi connectivity index (χ2n) is 6.13. The molecule has 8 nitrogen and oxygen atoms in total. The third-order valence-electron chi connectivity index (χ3n) is 3.05. The van der Waals surface area contributed by atoms with Crippen LogP contribution in [0.5, 0.6) is 0 Å². The molecule has 0 saturated carbocycles. The molecule has 1 fully saturated rings. The summed E-state index contributed by atoms with van der Waals surface area (Å²) in [7, 11) is 0. The van der Waals surface area contributed by atoms with Crippen molar-refractivity contribution in [3.05, 3.63) is 0 Å². The number of nitrogens with one attached hydrogen (secondary N) is 1. The average Bonchev–Trinajstić information content (AvgIpc) is 2.41. The fraction of sp³-hybridized carbons (Fsp3) is 0.786. The normalized spacial score (nSPS) is 16.8. The summed E-state index contributed by atoms with van der Waals surface area (Å²) in [5, 5.41) is 2.40. The maximum atomic E-state index is 12.0. The van der Waals surface area contributed by atoms with E-state index in [2.05, 4.69) is 5.32 Å². The smallest absolute Gasteiger partial charge is 0.408 e. The lowest BCUT2D eigenvalue weighted by Crippen LogP contribution is -2.47. The van der Waals surface area contributed by atoms with Crippen LogP contribution >= 0.6 is 0 Å². The van der Waals surface area contributed by atoms with E-state index in [9.17, 15) is 14.4 Å². The highest BCUT2D eigenvalue weighted by molar-refractivity contribution is 5.85. The Hall–Kier alpha value is -1.83. The minimum atomic E-state index is -0.931. The van der Waals surface area contributed by atoms with Crippen LogP contribution in [0.1, 0.15) is 33.6 Å². The van der Waals surface area contributed by atoms with Gasteiger partial charge in [-0.2, -0.15) is 0 Å². The number of alkyl carbamates (subject to hydrolysis) is 1. The number of hydrogen-bond donors (Lipinski definition) is 2. The van der Waals surface area contributed by atoms with Crippen LogP contribution in [-0.2, 0) is 19.1 Å². The molecule has 0 aromatic rings. The van der Waals surface area contributed by atoms with Crippen molar-refractivity contribution in [1.29, 1.82) is 0 Å². The van der Waals surface area contributed by atoms with Crippen LogP contribution in [0, 0.1) is 0 Å². The van der Waals surface area contributed by atoms with Crippen LogP contribution in [0.15, 0.2) is 0 Å². The second-order valence-corrected chi connectivity index (χ2v) is 6.13. The predicted molar refractivity (Wildman–Crippen MR) is 79.0 cm³/mol. The fourth-order valence-electron chi connectivity index (χ4n) is 1.97. The van der Waals surface area contributed by atoms with E-state index in [1.165, 1.54) is 0 Å². The summed E-state index contributed by atoms with van der Waals surface area (Å²) >= 11 is 0. The molecule has 22 heavy (non-hydrogen) atoms. The Kier molecular flexibility index (Phi) is 6.61. The second kappa shape index (κ2) is 7.98. The molecule has 0 aromatic heterocycles. The van der Waals surface area contributed by atoms with Gasteiger partial charge in [0.25, 0.3) is 0 Å². The summed E-state index contributed by atoms with van der Waals surface area (Å²) in [6, 6.07) is -0.931. The van der Waals surface area contributed by atoms with Crippen molar-refractivity contribution < 1.29 is 23.9 Å². The minimum Gasteiger partial charge on any atom is -0.444 e. The van der Waals surface area contributed by atoms with E-state index < -0.39 is 23.6 Å². The van der Waals surface area contributed by atoms with Gasteiger partial charge in [0.15, 0.2) is 0 Å². The Bertz CT molecular complexity index is 413. The molecule has 0 bridgehead atoms. The van der Waals surface area contributed by atoms with E-state index in [0.717, 1.165) is 0 Å². The van der Waals surface area contributed by atoms with Crippen molar-refractivity contribution in [1.82, 2.24) is 10.2 Å². The summed E-state index contributed by atoms with van der Waals surface area (Å²) < 4.78 is 10.2. The Morgan fingerprint density at radius 3 is 2.36 bits per heavy atom. The number of amides is 3. The summed E-state index contributed by atoms with van der Waals surface area (Å²) in [6.07, 6.45) is -0.455. The number of primary amides is 1. The first kappa shape index (κ1) is 18.2. The van der Waals surface area contributed by atoms with Gasteiger partial charge in [-0.15, -0.1) is 0 Å². The molecule has 1 unspecified atom stereocenters. The van der Waals surface area contributed by atoms with E-state index >= 15 is 0 Å². The SMILES string of the molecule is CC(C)(C)OC(=O)NC(CCC(=O)N1CCOCC1)C(N)=O. The zero-order chi connectivity index (χ0) is 16.8. The van der Waals surface area contributed by atoms with Crippen LogP contribution in [0.4, 0.5) is 4.79 Å². The lowest BCUT2D eigenvalue weighted by atomic mass is 10.1. The number of carbonyl (C=O) groups is 3. The Balaban J connectivity index is 2.45. The van der Waals surface area contributed by atoms with Gasteiger partial charge in [0.05, 0.1) is 13.2 Å². The molecule has 0 radical (unpaired) electrons. The first-order valence-corrected chi connectivity index (χ1v) is 7.33. The molecule has 0 spiro atoms. The van der Waals surface area contributed by atoms with Crippen LogP contribution in [0.3, 0.4) is 0 Å². The van der Waals surface area contributed by atoms with Gasteiger partial charge in [-0.05, 0) is 27.2 Å². The molecule has 0 aromatic carbocycles. The van der Waals surface area contributed by atoms with E-state index in [1.54, 1.807) is 25.7 Å². The molecule has 1 aliphatic heterocycles. The van der Waals surface area contributed by atoms with Crippen molar-refractivity contribution in [3.63, 3.8) is 0 Å². The topological polar surface area (TPSA) is 111 Å². The van der Waals surface area contributed by atoms with Crippen molar-refractivity contribution in [2.45, 2.75) is 45.3 Å². The monoisotopic (exact) mass is 315 g/mol. The molecule has 8 heteroatoms. The van der Waals surface area contributed by atoms with Gasteiger partial charge in [0.1, 0.15) is 11.6 Å². The standard InChI is InChI=1S/C14H25N3O5/c1-14(2,3)22-13(20)16-10(12(15)19)4-5-11(18)17-6-8-21-9-7-17/h10H,4-9H2,1-3H3,(H2,15,19)(H,16,20). The third-order valence-corrected chi connectivity index (χ3v) is 3.05. The molecule has 0 aliphatic carbocycles. The molecular formula is C14H25N3O5. The van der Waals surface area contributed by atoms with E-state index in [1.807, 2.05) is 0 Å². The van der Waals surface area contributed by atoms with Crippen LogP contribution in [0.2, 0.25) is 0 Å². The van der Waals surface area contributed by atoms with Crippen molar-refractivity contribution in [2.75, 3.05) is 26.3 Å². The quantitative estimate of drug-likeness (QED) is 0.742.